The maximum atomic E-state index is 11.5. The third-order valence-electron chi connectivity index (χ3n) is 3.79. The van der Waals surface area contributed by atoms with Crippen LogP contribution < -0.4 is 4.74 Å². The van der Waals surface area contributed by atoms with Crippen LogP contribution in [0.2, 0.25) is 0 Å². The van der Waals surface area contributed by atoms with Gasteiger partial charge < -0.3 is 9.84 Å². The predicted octanol–water partition coefficient (Wildman–Crippen LogP) is 3.22. The molecule has 3 rings (SSSR count). The van der Waals surface area contributed by atoms with Gasteiger partial charge in [-0.3, -0.25) is 10.1 Å². The molecule has 0 aromatic heterocycles. The summed E-state index contributed by atoms with van der Waals surface area (Å²) in [5, 5.41) is 21.5. The van der Waals surface area contributed by atoms with Crippen LogP contribution in [-0.4, -0.2) is 23.2 Å². The van der Waals surface area contributed by atoms with Crippen molar-refractivity contribution in [3.05, 3.63) is 69.8 Å². The summed E-state index contributed by atoms with van der Waals surface area (Å²) in [6.45, 7) is 0. The molecule has 2 aromatic carbocycles. The smallest absolute Gasteiger partial charge is 0.258 e. The Hall–Kier alpha value is -2.05. The van der Waals surface area contributed by atoms with Gasteiger partial charge in [0.1, 0.15) is 17.1 Å². The number of nitrogens with zero attached hydrogens (tertiary/aromatic N) is 1. The lowest BCUT2D eigenvalue weighted by Crippen LogP contribution is -2.35. The zero-order chi connectivity index (χ0) is 15.7. The largest absolute Gasteiger partial charge is 0.497 e. The number of nitro groups is 1. The van der Waals surface area contributed by atoms with E-state index in [1.54, 1.807) is 37.4 Å². The van der Waals surface area contributed by atoms with Gasteiger partial charge in [-0.05, 0) is 23.8 Å². The second kappa shape index (κ2) is 5.98. The maximum Gasteiger partial charge on any atom is 0.258 e. The molecule has 3 atom stereocenters. The summed E-state index contributed by atoms with van der Waals surface area (Å²) < 4.78 is 5.20. The molecule has 0 saturated heterocycles. The van der Waals surface area contributed by atoms with E-state index in [9.17, 15) is 15.2 Å². The van der Waals surface area contributed by atoms with Crippen molar-refractivity contribution in [2.75, 3.05) is 7.11 Å². The first-order valence-electron chi connectivity index (χ1n) is 6.83. The molecule has 1 heterocycles. The molecule has 0 unspecified atom stereocenters. The number of fused-ring (bicyclic) bond motifs is 1. The number of benzene rings is 2. The quantitative estimate of drug-likeness (QED) is 0.695. The van der Waals surface area contributed by atoms with E-state index in [1.807, 2.05) is 18.2 Å². The molecular formula is C16H15NO4S. The summed E-state index contributed by atoms with van der Waals surface area (Å²) in [5.41, 5.74) is 1.40. The topological polar surface area (TPSA) is 72.6 Å². The molecule has 0 aliphatic carbocycles. The van der Waals surface area contributed by atoms with Gasteiger partial charge in [0.15, 0.2) is 0 Å². The molecule has 0 amide bonds. The Balaban J connectivity index is 2.07. The van der Waals surface area contributed by atoms with E-state index in [1.165, 1.54) is 11.8 Å². The fourth-order valence-electron chi connectivity index (χ4n) is 2.70. The first-order chi connectivity index (χ1) is 10.6. The second-order valence-corrected chi connectivity index (χ2v) is 6.26. The lowest BCUT2D eigenvalue weighted by Gasteiger charge is -2.31. The van der Waals surface area contributed by atoms with Crippen molar-refractivity contribution in [2.45, 2.75) is 22.3 Å². The Kier molecular flexibility index (Phi) is 4.04. The highest BCUT2D eigenvalue weighted by Crippen LogP contribution is 2.50. The van der Waals surface area contributed by atoms with E-state index in [4.69, 9.17) is 4.74 Å². The zero-order valence-electron chi connectivity index (χ0n) is 11.9. The summed E-state index contributed by atoms with van der Waals surface area (Å²) in [5.74, 6) is 0.647. The average Bonchev–Trinajstić information content (AvgIpc) is 2.54. The molecule has 114 valence electrons. The number of thioether (sulfide) groups is 1. The van der Waals surface area contributed by atoms with Gasteiger partial charge in [0.25, 0.3) is 6.04 Å². The molecule has 0 radical (unpaired) electrons. The van der Waals surface area contributed by atoms with E-state index in [0.29, 0.717) is 11.3 Å². The monoisotopic (exact) mass is 317 g/mol. The number of methoxy groups -OCH3 is 1. The van der Waals surface area contributed by atoms with Crippen molar-refractivity contribution >= 4 is 11.8 Å². The average molecular weight is 317 g/mol. The Morgan fingerprint density at radius 2 is 2.00 bits per heavy atom. The maximum absolute atomic E-state index is 11.5. The van der Waals surface area contributed by atoms with Crippen molar-refractivity contribution in [1.82, 2.24) is 0 Å². The minimum absolute atomic E-state index is 0.391. The van der Waals surface area contributed by atoms with Crippen molar-refractivity contribution in [3.63, 3.8) is 0 Å². The standard InChI is InChI=1S/C16H15NO4S/c1-21-11-6-4-5-10(9-11)16-14(17(19)20)15(18)12-7-2-3-8-13(12)22-16/h2-9,14-16,18H,1H3/t14-,15+,16+/m1/s1. The summed E-state index contributed by atoms with van der Waals surface area (Å²) in [4.78, 5) is 12.0. The highest BCUT2D eigenvalue weighted by Gasteiger charge is 2.45. The van der Waals surface area contributed by atoms with Crippen molar-refractivity contribution in [2.24, 2.45) is 0 Å². The third-order valence-corrected chi connectivity index (χ3v) is 5.22. The van der Waals surface area contributed by atoms with Crippen LogP contribution in [0.4, 0.5) is 0 Å². The lowest BCUT2D eigenvalue weighted by atomic mass is 9.95. The van der Waals surface area contributed by atoms with Gasteiger partial charge in [-0.25, -0.2) is 0 Å². The van der Waals surface area contributed by atoms with E-state index >= 15 is 0 Å². The molecule has 1 N–H and O–H groups in total. The summed E-state index contributed by atoms with van der Waals surface area (Å²) in [6, 6.07) is 13.4. The lowest BCUT2D eigenvalue weighted by molar-refractivity contribution is -0.536. The molecular weight excluding hydrogens is 302 g/mol. The van der Waals surface area contributed by atoms with Crippen LogP contribution in [0.15, 0.2) is 53.4 Å². The highest BCUT2D eigenvalue weighted by atomic mass is 32.2. The van der Waals surface area contributed by atoms with Crippen LogP contribution in [-0.2, 0) is 0 Å². The van der Waals surface area contributed by atoms with E-state index < -0.39 is 22.3 Å². The van der Waals surface area contributed by atoms with Gasteiger partial charge >= 0.3 is 0 Å². The minimum Gasteiger partial charge on any atom is -0.497 e. The fraction of sp³-hybridized carbons (Fsp3) is 0.250. The summed E-state index contributed by atoms with van der Waals surface area (Å²) >= 11 is 1.41. The van der Waals surface area contributed by atoms with Crippen LogP contribution in [0.1, 0.15) is 22.5 Å². The number of ether oxygens (including phenoxy) is 1. The minimum atomic E-state index is -1.12. The van der Waals surface area contributed by atoms with Crippen LogP contribution in [0.3, 0.4) is 0 Å². The molecule has 0 fully saturated rings. The molecule has 1 aliphatic heterocycles. The Bertz CT molecular complexity index is 706. The van der Waals surface area contributed by atoms with Crippen LogP contribution >= 0.6 is 11.8 Å². The number of aliphatic hydroxyl groups excluding tert-OH is 1. The molecule has 22 heavy (non-hydrogen) atoms. The molecule has 1 aliphatic rings. The van der Waals surface area contributed by atoms with E-state index in [0.717, 1.165) is 10.5 Å². The fourth-order valence-corrected chi connectivity index (χ4v) is 4.12. The highest BCUT2D eigenvalue weighted by molar-refractivity contribution is 7.99. The molecule has 0 bridgehead atoms. The van der Waals surface area contributed by atoms with Gasteiger partial charge in [0.2, 0.25) is 0 Å². The SMILES string of the molecule is COc1cccc([C@@H]2Sc3ccccc3[C@H](O)[C@H]2[N+](=O)[O-])c1. The van der Waals surface area contributed by atoms with Crippen molar-refractivity contribution < 1.29 is 14.8 Å². The first kappa shape index (κ1) is 14.9. The van der Waals surface area contributed by atoms with Gasteiger partial charge in [-0.1, -0.05) is 30.3 Å². The normalized spacial score (nSPS) is 23.6. The Morgan fingerprint density at radius 3 is 2.73 bits per heavy atom. The summed E-state index contributed by atoms with van der Waals surface area (Å²) in [7, 11) is 1.56. The number of hydrogen-bond acceptors (Lipinski definition) is 5. The Morgan fingerprint density at radius 1 is 1.23 bits per heavy atom. The Labute approximate surface area is 132 Å². The van der Waals surface area contributed by atoms with Crippen molar-refractivity contribution in [3.8, 4) is 5.75 Å². The van der Waals surface area contributed by atoms with E-state index in [2.05, 4.69) is 0 Å². The van der Waals surface area contributed by atoms with Crippen LogP contribution in [0.25, 0.3) is 0 Å². The molecule has 5 nitrogen and oxygen atoms in total. The molecule has 0 spiro atoms. The molecule has 6 heteroatoms. The molecule has 2 aromatic rings. The van der Waals surface area contributed by atoms with E-state index in [-0.39, 0.29) is 0 Å². The summed E-state index contributed by atoms with van der Waals surface area (Å²) in [6.07, 6.45) is -1.12. The second-order valence-electron chi connectivity index (χ2n) is 5.07. The predicted molar refractivity (Wildman–Crippen MR) is 83.8 cm³/mol. The van der Waals surface area contributed by atoms with Gasteiger partial charge in [-0.15, -0.1) is 11.8 Å². The number of hydrogen-bond donors (Lipinski definition) is 1. The van der Waals surface area contributed by atoms with Gasteiger partial charge in [0, 0.05) is 15.4 Å². The first-order valence-corrected chi connectivity index (χ1v) is 7.71. The molecule has 0 saturated carbocycles. The van der Waals surface area contributed by atoms with Gasteiger partial charge in [-0.2, -0.15) is 0 Å². The number of aliphatic hydroxyl groups is 1. The van der Waals surface area contributed by atoms with Gasteiger partial charge in [0.05, 0.1) is 7.11 Å². The number of rotatable bonds is 3. The van der Waals surface area contributed by atoms with Crippen molar-refractivity contribution in [1.29, 1.82) is 0 Å². The third kappa shape index (κ3) is 2.55. The zero-order valence-corrected chi connectivity index (χ0v) is 12.7. The van der Waals surface area contributed by atoms with Crippen LogP contribution in [0.5, 0.6) is 5.75 Å². The van der Waals surface area contributed by atoms with Crippen LogP contribution in [0, 0.1) is 10.1 Å².